The Balaban J connectivity index is -0.0000000200. The predicted molar refractivity (Wildman–Crippen MR) is 1.37 cm³/mol. The molecule has 0 saturated carbocycles. The average molecular weight is 122 g/mol. The first-order valence-electron chi connectivity index (χ1n) is 0.408. The Morgan fingerprint density at radius 2 is 1.20 bits per heavy atom. The quantitative estimate of drug-likeness (QED) is 0.299. The van der Waals surface area contributed by atoms with Crippen LogP contribution in [0, 0.1) is 0 Å². The molecule has 0 aliphatic carbocycles. The van der Waals surface area contributed by atoms with Gasteiger partial charge in [-0.25, -0.2) is 0 Å². The fourth-order valence-corrected chi connectivity index (χ4v) is 0. The number of rotatable bonds is 0. The van der Waals surface area contributed by atoms with Crippen molar-refractivity contribution in [3.05, 3.63) is 0 Å². The van der Waals surface area contributed by atoms with Gasteiger partial charge in [-0.1, -0.05) is 0 Å². The summed E-state index contributed by atoms with van der Waals surface area (Å²) in [5.41, 5.74) is 0. The van der Waals surface area contributed by atoms with Crippen molar-refractivity contribution in [2.45, 2.75) is 0 Å². The van der Waals surface area contributed by atoms with E-state index in [2.05, 4.69) is 0 Å². The van der Waals surface area contributed by atoms with Gasteiger partial charge >= 0.3 is 55.3 Å². The molecule has 0 rings (SSSR count). The first kappa shape index (κ1) is 16.3. The molecular weight excluding hydrogens is 122 g/mol. The van der Waals surface area contributed by atoms with Crippen LogP contribution in [0.15, 0.2) is 0 Å². The first-order valence-corrected chi connectivity index (χ1v) is 1.68. The van der Waals surface area contributed by atoms with Gasteiger partial charge < -0.3 is 4.70 Å². The monoisotopic (exact) mass is 122 g/mol. The van der Waals surface area contributed by atoms with Crippen molar-refractivity contribution >= 4 is 0 Å². The van der Waals surface area contributed by atoms with Crippen molar-refractivity contribution < 1.29 is 60.0 Å². The van der Waals surface area contributed by atoms with E-state index in [4.69, 9.17) is 6.65 Å². The van der Waals surface area contributed by atoms with Crippen LogP contribution in [-0.4, -0.2) is 0 Å². The predicted octanol–water partition coefficient (Wildman–Crippen LogP) is -6.23. The Morgan fingerprint density at radius 3 is 1.20 bits per heavy atom. The molecular formula is FNaO2Ti. The summed E-state index contributed by atoms with van der Waals surface area (Å²) < 4.78 is 17.0. The molecule has 0 saturated heterocycles. The SMILES string of the molecule is [F-].[Na+].[O]=[Ti]=[O]. The molecule has 0 unspecified atom stereocenters. The van der Waals surface area contributed by atoms with E-state index in [0.29, 0.717) is 0 Å². The summed E-state index contributed by atoms with van der Waals surface area (Å²) in [6, 6.07) is 0. The molecule has 2 nitrogen and oxygen atoms in total. The molecule has 5 heavy (non-hydrogen) atoms. The van der Waals surface area contributed by atoms with E-state index < -0.39 is 19.1 Å². The van der Waals surface area contributed by atoms with Crippen molar-refractivity contribution in [3.8, 4) is 0 Å². The molecule has 0 aromatic heterocycles. The Morgan fingerprint density at radius 1 is 1.20 bits per heavy atom. The Kier molecular flexibility index (Phi) is 61.2. The molecule has 0 radical (unpaired) electrons. The number of hydrogen-bond acceptors (Lipinski definition) is 2. The third-order valence-electron chi connectivity index (χ3n) is 0. The van der Waals surface area contributed by atoms with Crippen LogP contribution in [0.25, 0.3) is 0 Å². The summed E-state index contributed by atoms with van der Waals surface area (Å²) in [4.78, 5) is 0. The van der Waals surface area contributed by atoms with E-state index >= 15 is 0 Å². The van der Waals surface area contributed by atoms with E-state index in [1.165, 1.54) is 0 Å². The third-order valence-corrected chi connectivity index (χ3v) is 0. The van der Waals surface area contributed by atoms with Gasteiger partial charge in [0.1, 0.15) is 0 Å². The molecule has 0 atom stereocenters. The maximum atomic E-state index is 8.50. The van der Waals surface area contributed by atoms with Crippen molar-refractivity contribution in [2.24, 2.45) is 0 Å². The Labute approximate surface area is 59.5 Å². The van der Waals surface area contributed by atoms with Crippen LogP contribution in [0.3, 0.4) is 0 Å². The summed E-state index contributed by atoms with van der Waals surface area (Å²) in [6.07, 6.45) is 0. The Hall–Kier alpha value is 1.24. The van der Waals surface area contributed by atoms with E-state index in [-0.39, 0.29) is 34.3 Å². The fourth-order valence-electron chi connectivity index (χ4n) is 0. The summed E-state index contributed by atoms with van der Waals surface area (Å²) >= 11 is -2.00. The van der Waals surface area contributed by atoms with Gasteiger partial charge in [-0.2, -0.15) is 0 Å². The molecule has 0 fully saturated rings. The zero-order valence-electron chi connectivity index (χ0n) is 2.69. The zero-order chi connectivity index (χ0) is 2.71. The third kappa shape index (κ3) is 35.7. The average Bonchev–Trinajstić information content (AvgIpc) is 0.918. The molecule has 0 N–H and O–H groups in total. The molecule has 0 heterocycles. The summed E-state index contributed by atoms with van der Waals surface area (Å²) in [7, 11) is 0. The van der Waals surface area contributed by atoms with Crippen molar-refractivity contribution in [2.75, 3.05) is 0 Å². The second kappa shape index (κ2) is 18.8. The van der Waals surface area contributed by atoms with Gasteiger partial charge in [-0.15, -0.1) is 0 Å². The van der Waals surface area contributed by atoms with Crippen LogP contribution in [0.4, 0.5) is 0 Å². The molecule has 0 aliphatic heterocycles. The second-order valence-electron chi connectivity index (χ2n) is 0.0833. The molecule has 5 heteroatoms. The first-order chi connectivity index (χ1) is 1.41. The standard InChI is InChI=1S/FH.Na.2O.Ti/h1H;;;;/q;+1;;;/p-1. The van der Waals surface area contributed by atoms with Crippen molar-refractivity contribution in [1.29, 1.82) is 0 Å². The van der Waals surface area contributed by atoms with Crippen LogP contribution >= 0.6 is 0 Å². The Bertz CT molecular complexity index is 30.6. The van der Waals surface area contributed by atoms with Crippen LogP contribution in [0.2, 0.25) is 0 Å². The van der Waals surface area contributed by atoms with Gasteiger partial charge in [0.05, 0.1) is 0 Å². The summed E-state index contributed by atoms with van der Waals surface area (Å²) in [5, 5.41) is 0. The van der Waals surface area contributed by atoms with Crippen LogP contribution in [0.5, 0.6) is 0 Å². The summed E-state index contributed by atoms with van der Waals surface area (Å²) in [6.45, 7) is 0. The number of hydrogen-bond donors (Lipinski definition) is 0. The van der Waals surface area contributed by atoms with Crippen LogP contribution in [0.1, 0.15) is 0 Å². The van der Waals surface area contributed by atoms with Crippen molar-refractivity contribution in [3.63, 3.8) is 0 Å². The second-order valence-corrected chi connectivity index (χ2v) is 0.344. The van der Waals surface area contributed by atoms with Gasteiger partial charge in [0.25, 0.3) is 0 Å². The maximum absolute atomic E-state index is 8.50. The van der Waals surface area contributed by atoms with Gasteiger partial charge in [0.2, 0.25) is 0 Å². The molecule has 0 aromatic rings. The van der Waals surface area contributed by atoms with E-state index in [1.54, 1.807) is 0 Å². The summed E-state index contributed by atoms with van der Waals surface area (Å²) in [5.74, 6) is 0. The molecule has 0 aliphatic rings. The van der Waals surface area contributed by atoms with E-state index in [9.17, 15) is 0 Å². The molecule has 0 amide bonds. The fraction of sp³-hybridized carbons (Fsp3) is 0. The van der Waals surface area contributed by atoms with Crippen LogP contribution < -0.4 is 34.3 Å². The van der Waals surface area contributed by atoms with E-state index in [0.717, 1.165) is 0 Å². The van der Waals surface area contributed by atoms with Gasteiger partial charge in [0, 0.05) is 0 Å². The topological polar surface area (TPSA) is 34.1 Å². The minimum absolute atomic E-state index is 0. The van der Waals surface area contributed by atoms with E-state index in [1.807, 2.05) is 0 Å². The van der Waals surface area contributed by atoms with Crippen LogP contribution in [-0.2, 0) is 25.7 Å². The molecule has 0 bridgehead atoms. The zero-order valence-corrected chi connectivity index (χ0v) is 6.26. The molecule has 24 valence electrons. The van der Waals surface area contributed by atoms with Gasteiger partial charge in [0.15, 0.2) is 0 Å². The van der Waals surface area contributed by atoms with Crippen molar-refractivity contribution in [1.82, 2.24) is 0 Å². The van der Waals surface area contributed by atoms with Gasteiger partial charge in [-0.05, 0) is 0 Å². The van der Waals surface area contributed by atoms with Gasteiger partial charge in [-0.3, -0.25) is 0 Å². The number of halogens is 1. The minimum atomic E-state index is -2.00. The normalized spacial score (nSPS) is 1.60. The molecule has 0 aromatic carbocycles. The molecule has 0 spiro atoms.